The summed E-state index contributed by atoms with van der Waals surface area (Å²) >= 11 is 3.33. The average Bonchev–Trinajstić information content (AvgIpc) is 2.59. The molecule has 0 aliphatic carbocycles. The van der Waals surface area contributed by atoms with Crippen molar-refractivity contribution in [3.63, 3.8) is 0 Å². The molecule has 0 unspecified atom stereocenters. The molecule has 0 amide bonds. The van der Waals surface area contributed by atoms with Crippen molar-refractivity contribution in [2.75, 3.05) is 0 Å². The SMILES string of the molecule is NCc1oc(=O)oc1-c1cccc(Br)c1. The lowest BCUT2D eigenvalue weighted by molar-refractivity contribution is 0.376. The van der Waals surface area contributed by atoms with Crippen molar-refractivity contribution in [2.45, 2.75) is 6.54 Å². The van der Waals surface area contributed by atoms with Gasteiger partial charge in [0.1, 0.15) is 0 Å². The fourth-order valence-corrected chi connectivity index (χ4v) is 1.69. The molecule has 15 heavy (non-hydrogen) atoms. The Morgan fingerprint density at radius 3 is 2.80 bits per heavy atom. The van der Waals surface area contributed by atoms with Gasteiger partial charge in [0.05, 0.1) is 6.54 Å². The van der Waals surface area contributed by atoms with Crippen LogP contribution in [0.5, 0.6) is 0 Å². The maximum absolute atomic E-state index is 10.9. The Hall–Kier alpha value is -1.33. The number of hydrogen-bond donors (Lipinski definition) is 1. The highest BCUT2D eigenvalue weighted by Crippen LogP contribution is 2.25. The molecular formula is C10H8BrNO3. The third-order valence-corrected chi connectivity index (χ3v) is 2.41. The van der Waals surface area contributed by atoms with Gasteiger partial charge >= 0.3 is 5.82 Å². The van der Waals surface area contributed by atoms with Gasteiger partial charge in [0.2, 0.25) is 0 Å². The number of benzene rings is 1. The quantitative estimate of drug-likeness (QED) is 0.907. The second kappa shape index (κ2) is 4.04. The molecule has 2 rings (SSSR count). The molecule has 0 aliphatic rings. The summed E-state index contributed by atoms with van der Waals surface area (Å²) in [6.45, 7) is 0.133. The molecule has 1 aromatic carbocycles. The Morgan fingerprint density at radius 2 is 2.13 bits per heavy atom. The third-order valence-electron chi connectivity index (χ3n) is 1.92. The van der Waals surface area contributed by atoms with Gasteiger partial charge in [0.15, 0.2) is 11.5 Å². The van der Waals surface area contributed by atoms with Gasteiger partial charge in [-0.15, -0.1) is 0 Å². The number of halogens is 1. The molecule has 4 nitrogen and oxygen atoms in total. The van der Waals surface area contributed by atoms with Gasteiger partial charge < -0.3 is 14.6 Å². The highest BCUT2D eigenvalue weighted by atomic mass is 79.9. The standard InChI is InChI=1S/C10H8BrNO3/c11-7-3-1-2-6(4-7)9-8(5-12)14-10(13)15-9/h1-4H,5,12H2. The van der Waals surface area contributed by atoms with Gasteiger partial charge in [-0.05, 0) is 12.1 Å². The van der Waals surface area contributed by atoms with E-state index in [1.807, 2.05) is 24.3 Å². The number of rotatable bonds is 2. The molecular weight excluding hydrogens is 262 g/mol. The van der Waals surface area contributed by atoms with Crippen LogP contribution in [-0.4, -0.2) is 0 Å². The van der Waals surface area contributed by atoms with Crippen molar-refractivity contribution in [3.05, 3.63) is 45.1 Å². The summed E-state index contributed by atoms with van der Waals surface area (Å²) in [5, 5.41) is 0. The summed E-state index contributed by atoms with van der Waals surface area (Å²) < 4.78 is 10.6. The van der Waals surface area contributed by atoms with Crippen LogP contribution < -0.4 is 11.6 Å². The van der Waals surface area contributed by atoms with Crippen molar-refractivity contribution in [3.8, 4) is 11.3 Å². The maximum atomic E-state index is 10.9. The van der Waals surface area contributed by atoms with Crippen LogP contribution in [0.15, 0.2) is 42.4 Å². The van der Waals surface area contributed by atoms with E-state index in [1.165, 1.54) is 0 Å². The van der Waals surface area contributed by atoms with Gasteiger partial charge in [-0.2, -0.15) is 0 Å². The third kappa shape index (κ3) is 2.03. The van der Waals surface area contributed by atoms with Crippen LogP contribution >= 0.6 is 15.9 Å². The highest BCUT2D eigenvalue weighted by Gasteiger charge is 2.13. The lowest BCUT2D eigenvalue weighted by Crippen LogP contribution is -1.96. The zero-order valence-electron chi connectivity index (χ0n) is 7.70. The molecule has 0 spiro atoms. The van der Waals surface area contributed by atoms with E-state index in [0.717, 1.165) is 10.0 Å². The lowest BCUT2D eigenvalue weighted by Gasteiger charge is -1.97. The molecule has 5 heteroatoms. The smallest absolute Gasteiger partial charge is 0.394 e. The average molecular weight is 270 g/mol. The van der Waals surface area contributed by atoms with Gasteiger partial charge in [-0.25, -0.2) is 4.79 Å². The van der Waals surface area contributed by atoms with Gasteiger partial charge in [0, 0.05) is 10.0 Å². The molecule has 1 aromatic heterocycles. The Labute approximate surface area is 93.8 Å². The van der Waals surface area contributed by atoms with Crippen molar-refractivity contribution in [1.29, 1.82) is 0 Å². The first kappa shape index (κ1) is 10.2. The minimum atomic E-state index is -0.731. The molecule has 0 aliphatic heterocycles. The summed E-state index contributed by atoms with van der Waals surface area (Å²) in [6.07, 6.45) is 0. The van der Waals surface area contributed by atoms with E-state index in [4.69, 9.17) is 14.6 Å². The van der Waals surface area contributed by atoms with E-state index < -0.39 is 5.82 Å². The topological polar surface area (TPSA) is 69.4 Å². The minimum Gasteiger partial charge on any atom is -0.394 e. The predicted octanol–water partition coefficient (Wildman–Crippen LogP) is 2.12. The molecule has 2 aromatic rings. The monoisotopic (exact) mass is 269 g/mol. The zero-order valence-corrected chi connectivity index (χ0v) is 9.28. The van der Waals surface area contributed by atoms with Crippen LogP contribution in [-0.2, 0) is 6.54 Å². The van der Waals surface area contributed by atoms with Crippen LogP contribution in [0.2, 0.25) is 0 Å². The predicted molar refractivity (Wildman–Crippen MR) is 58.3 cm³/mol. The van der Waals surface area contributed by atoms with Crippen LogP contribution in [0.25, 0.3) is 11.3 Å². The highest BCUT2D eigenvalue weighted by molar-refractivity contribution is 9.10. The van der Waals surface area contributed by atoms with Gasteiger partial charge in [-0.1, -0.05) is 28.1 Å². The molecule has 0 saturated carbocycles. The van der Waals surface area contributed by atoms with E-state index in [9.17, 15) is 4.79 Å². The zero-order chi connectivity index (χ0) is 10.8. The van der Waals surface area contributed by atoms with Crippen molar-refractivity contribution in [2.24, 2.45) is 5.73 Å². The van der Waals surface area contributed by atoms with Gasteiger partial charge in [-0.3, -0.25) is 0 Å². The van der Waals surface area contributed by atoms with Crippen molar-refractivity contribution in [1.82, 2.24) is 0 Å². The number of nitrogens with two attached hydrogens (primary N) is 1. The van der Waals surface area contributed by atoms with Crippen LogP contribution in [0, 0.1) is 0 Å². The van der Waals surface area contributed by atoms with E-state index in [1.54, 1.807) is 0 Å². The Balaban J connectivity index is 2.57. The summed E-state index contributed by atoms with van der Waals surface area (Å²) in [6, 6.07) is 7.36. The Bertz CT molecular complexity index is 529. The summed E-state index contributed by atoms with van der Waals surface area (Å²) in [7, 11) is 0. The fraction of sp³-hybridized carbons (Fsp3) is 0.100. The van der Waals surface area contributed by atoms with E-state index >= 15 is 0 Å². The molecule has 1 heterocycles. The van der Waals surface area contributed by atoms with Crippen LogP contribution in [0.3, 0.4) is 0 Å². The molecule has 0 saturated heterocycles. The first-order valence-electron chi connectivity index (χ1n) is 4.29. The first-order chi connectivity index (χ1) is 7.20. The lowest BCUT2D eigenvalue weighted by atomic mass is 10.1. The molecule has 0 atom stereocenters. The maximum Gasteiger partial charge on any atom is 0.519 e. The van der Waals surface area contributed by atoms with Crippen LogP contribution in [0.1, 0.15) is 5.76 Å². The normalized spacial score (nSPS) is 10.5. The summed E-state index contributed by atoms with van der Waals surface area (Å²) in [5.74, 6) is 0.0207. The second-order valence-corrected chi connectivity index (χ2v) is 3.84. The van der Waals surface area contributed by atoms with Crippen molar-refractivity contribution >= 4 is 15.9 Å². The molecule has 2 N–H and O–H groups in total. The number of hydrogen-bond acceptors (Lipinski definition) is 4. The molecule has 0 bridgehead atoms. The minimum absolute atomic E-state index is 0.133. The largest absolute Gasteiger partial charge is 0.519 e. The van der Waals surface area contributed by atoms with E-state index in [-0.39, 0.29) is 6.54 Å². The fourth-order valence-electron chi connectivity index (χ4n) is 1.29. The second-order valence-electron chi connectivity index (χ2n) is 2.92. The van der Waals surface area contributed by atoms with E-state index in [0.29, 0.717) is 11.5 Å². The van der Waals surface area contributed by atoms with Crippen molar-refractivity contribution < 1.29 is 8.83 Å². The Morgan fingerprint density at radius 1 is 1.33 bits per heavy atom. The Kier molecular flexibility index (Phi) is 2.75. The first-order valence-corrected chi connectivity index (χ1v) is 5.09. The van der Waals surface area contributed by atoms with E-state index in [2.05, 4.69) is 15.9 Å². The molecule has 0 radical (unpaired) electrons. The molecule has 0 fully saturated rings. The van der Waals surface area contributed by atoms with Gasteiger partial charge in [0.25, 0.3) is 0 Å². The summed E-state index contributed by atoms with van der Waals surface area (Å²) in [5.41, 5.74) is 6.19. The summed E-state index contributed by atoms with van der Waals surface area (Å²) in [4.78, 5) is 10.9. The molecule has 78 valence electrons. The van der Waals surface area contributed by atoms with Crippen LogP contribution in [0.4, 0.5) is 0 Å².